The van der Waals surface area contributed by atoms with Crippen LogP contribution in [-0.2, 0) is 17.8 Å². The molecule has 30 heavy (non-hydrogen) atoms. The van der Waals surface area contributed by atoms with Gasteiger partial charge in [-0.3, -0.25) is 14.4 Å². The summed E-state index contributed by atoms with van der Waals surface area (Å²) in [6.07, 6.45) is 2.06. The Kier molecular flexibility index (Phi) is 4.93. The van der Waals surface area contributed by atoms with Crippen LogP contribution in [0.25, 0.3) is 0 Å². The van der Waals surface area contributed by atoms with Gasteiger partial charge in [-0.05, 0) is 25.8 Å². The predicted octanol–water partition coefficient (Wildman–Crippen LogP) is 2.14. The van der Waals surface area contributed by atoms with E-state index in [0.717, 1.165) is 6.07 Å². The third-order valence-electron chi connectivity index (χ3n) is 5.92. The maximum atomic E-state index is 13.8. The van der Waals surface area contributed by atoms with E-state index in [1.807, 2.05) is 0 Å². The number of carbonyl (C=O) groups is 2. The second-order valence-electron chi connectivity index (χ2n) is 7.85. The van der Waals surface area contributed by atoms with E-state index < -0.39 is 46.0 Å². The first-order chi connectivity index (χ1) is 14.2. The Morgan fingerprint density at radius 3 is 2.87 bits per heavy atom. The number of aromatic nitrogens is 1. The van der Waals surface area contributed by atoms with Gasteiger partial charge in [0.2, 0.25) is 5.43 Å². The highest BCUT2D eigenvalue weighted by molar-refractivity contribution is 6.03. The SMILES string of the molecule is C[C@]12CCCO[C@H]1Cn1cc(C(=O)NCc3ccc(F)cc3F)c(=O)c(O)c1C2=O. The van der Waals surface area contributed by atoms with Crippen molar-refractivity contribution in [2.24, 2.45) is 5.41 Å². The molecule has 1 amide bonds. The van der Waals surface area contributed by atoms with Crippen molar-refractivity contribution in [2.75, 3.05) is 6.61 Å². The highest BCUT2D eigenvalue weighted by Gasteiger charge is 2.49. The van der Waals surface area contributed by atoms with E-state index in [9.17, 15) is 28.3 Å². The molecule has 0 radical (unpaired) electrons. The minimum Gasteiger partial charge on any atom is -0.503 e. The second-order valence-corrected chi connectivity index (χ2v) is 7.85. The summed E-state index contributed by atoms with van der Waals surface area (Å²) in [5.74, 6) is -3.61. The van der Waals surface area contributed by atoms with Crippen LogP contribution >= 0.6 is 0 Å². The molecule has 2 atom stereocenters. The number of fused-ring (bicyclic) bond motifs is 2. The summed E-state index contributed by atoms with van der Waals surface area (Å²) in [5, 5.41) is 12.8. The molecule has 9 heteroatoms. The number of halogens is 2. The van der Waals surface area contributed by atoms with Gasteiger partial charge in [0.05, 0.1) is 18.1 Å². The summed E-state index contributed by atoms with van der Waals surface area (Å²) in [6.45, 7) is 2.18. The Bertz CT molecular complexity index is 1110. The van der Waals surface area contributed by atoms with Crippen LogP contribution in [0.4, 0.5) is 8.78 Å². The van der Waals surface area contributed by atoms with Gasteiger partial charge in [0.15, 0.2) is 11.5 Å². The Labute approximate surface area is 170 Å². The van der Waals surface area contributed by atoms with Gasteiger partial charge >= 0.3 is 0 Å². The van der Waals surface area contributed by atoms with E-state index in [-0.39, 0.29) is 29.9 Å². The van der Waals surface area contributed by atoms with Crippen LogP contribution in [0.15, 0.2) is 29.2 Å². The summed E-state index contributed by atoms with van der Waals surface area (Å²) in [5.41, 5.74) is -2.30. The number of hydrogen-bond donors (Lipinski definition) is 2. The third-order valence-corrected chi connectivity index (χ3v) is 5.92. The van der Waals surface area contributed by atoms with Crippen molar-refractivity contribution >= 4 is 11.7 Å². The lowest BCUT2D eigenvalue weighted by molar-refractivity contribution is -0.0740. The number of aromatic hydroxyl groups is 1. The first-order valence-electron chi connectivity index (χ1n) is 9.57. The van der Waals surface area contributed by atoms with E-state index in [1.54, 1.807) is 6.92 Å². The lowest BCUT2D eigenvalue weighted by Gasteiger charge is -2.44. The molecular weight excluding hydrogens is 398 g/mol. The van der Waals surface area contributed by atoms with Gasteiger partial charge in [0.25, 0.3) is 5.91 Å². The van der Waals surface area contributed by atoms with Crippen molar-refractivity contribution in [3.8, 4) is 5.75 Å². The van der Waals surface area contributed by atoms with Crippen molar-refractivity contribution in [2.45, 2.75) is 39.0 Å². The number of nitrogens with zero attached hydrogens (tertiary/aromatic N) is 1. The molecule has 0 spiro atoms. The van der Waals surface area contributed by atoms with Gasteiger partial charge in [0.1, 0.15) is 22.9 Å². The third kappa shape index (κ3) is 3.19. The van der Waals surface area contributed by atoms with Crippen molar-refractivity contribution in [3.05, 3.63) is 63.1 Å². The maximum absolute atomic E-state index is 13.8. The number of ketones is 1. The molecule has 2 N–H and O–H groups in total. The molecule has 1 fully saturated rings. The molecule has 2 aromatic rings. The molecule has 4 rings (SSSR count). The lowest BCUT2D eigenvalue weighted by Crippen LogP contribution is -2.52. The van der Waals surface area contributed by atoms with Crippen LogP contribution in [0.1, 0.15) is 46.2 Å². The van der Waals surface area contributed by atoms with Gasteiger partial charge in [-0.25, -0.2) is 8.78 Å². The minimum absolute atomic E-state index is 0.0357. The minimum atomic E-state index is -0.981. The van der Waals surface area contributed by atoms with E-state index in [2.05, 4.69) is 5.32 Å². The fourth-order valence-corrected chi connectivity index (χ4v) is 4.10. The molecular formula is C21H20F2N2O5. The molecule has 2 aliphatic heterocycles. The molecule has 2 aliphatic rings. The van der Waals surface area contributed by atoms with Gasteiger partial charge in [-0.15, -0.1) is 0 Å². The summed E-state index contributed by atoms with van der Waals surface area (Å²) in [6, 6.07) is 2.92. The predicted molar refractivity (Wildman–Crippen MR) is 101 cm³/mol. The van der Waals surface area contributed by atoms with Gasteiger partial charge in [-0.2, -0.15) is 0 Å². The van der Waals surface area contributed by atoms with Gasteiger partial charge in [-0.1, -0.05) is 6.07 Å². The van der Waals surface area contributed by atoms with Crippen LogP contribution in [0, 0.1) is 17.0 Å². The number of pyridine rings is 1. The molecule has 7 nitrogen and oxygen atoms in total. The Morgan fingerprint density at radius 1 is 1.37 bits per heavy atom. The summed E-state index contributed by atoms with van der Waals surface area (Å²) in [4.78, 5) is 38.1. The average Bonchev–Trinajstić information content (AvgIpc) is 2.70. The van der Waals surface area contributed by atoms with Crippen molar-refractivity contribution < 1.29 is 28.2 Å². The average molecular weight is 418 g/mol. The fraction of sp³-hybridized carbons (Fsp3) is 0.381. The van der Waals surface area contributed by atoms with Crippen LogP contribution < -0.4 is 10.7 Å². The fourth-order valence-electron chi connectivity index (χ4n) is 4.10. The molecule has 0 bridgehead atoms. The van der Waals surface area contributed by atoms with E-state index in [0.29, 0.717) is 25.5 Å². The number of Topliss-reactive ketones (excluding diaryl/α,β-unsaturated/α-hetero) is 1. The number of nitrogens with one attached hydrogen (secondary N) is 1. The van der Waals surface area contributed by atoms with Gasteiger partial charge < -0.3 is 19.7 Å². The van der Waals surface area contributed by atoms with Crippen LogP contribution in [0.5, 0.6) is 5.75 Å². The lowest BCUT2D eigenvalue weighted by atomic mass is 9.71. The van der Waals surface area contributed by atoms with Crippen LogP contribution in [0.3, 0.4) is 0 Å². The first kappa shape index (κ1) is 20.2. The second kappa shape index (κ2) is 7.32. The molecule has 0 aliphatic carbocycles. The maximum Gasteiger partial charge on any atom is 0.257 e. The summed E-state index contributed by atoms with van der Waals surface area (Å²) < 4.78 is 33.9. The van der Waals surface area contributed by atoms with E-state index in [1.165, 1.54) is 16.8 Å². The van der Waals surface area contributed by atoms with Crippen LogP contribution in [-0.4, -0.2) is 34.1 Å². The van der Waals surface area contributed by atoms with Crippen molar-refractivity contribution in [1.29, 1.82) is 0 Å². The number of amides is 1. The standard InChI is InChI=1S/C21H20F2N2O5/c1-21-5-2-6-30-15(21)10-25-9-13(17(26)18(27)16(25)19(21)28)20(29)24-8-11-3-4-12(22)7-14(11)23/h3-4,7,9,15,27H,2,5-6,8,10H2,1H3,(H,24,29)/t15-,21-/m0/s1. The molecule has 1 saturated heterocycles. The molecule has 0 unspecified atom stereocenters. The smallest absolute Gasteiger partial charge is 0.257 e. The quantitative estimate of drug-likeness (QED) is 0.796. The Morgan fingerprint density at radius 2 is 2.13 bits per heavy atom. The topological polar surface area (TPSA) is 97.6 Å². The zero-order valence-corrected chi connectivity index (χ0v) is 16.2. The molecule has 3 heterocycles. The zero-order valence-electron chi connectivity index (χ0n) is 16.2. The number of benzene rings is 1. The summed E-state index contributed by atoms with van der Waals surface area (Å²) in [7, 11) is 0. The zero-order chi connectivity index (χ0) is 21.6. The molecule has 1 aromatic carbocycles. The van der Waals surface area contributed by atoms with E-state index >= 15 is 0 Å². The van der Waals surface area contributed by atoms with Crippen molar-refractivity contribution in [1.82, 2.24) is 9.88 Å². The molecule has 1 aromatic heterocycles. The van der Waals surface area contributed by atoms with Gasteiger partial charge in [0, 0.05) is 31.0 Å². The Hall–Kier alpha value is -3.07. The molecule has 0 saturated carbocycles. The number of ether oxygens (including phenoxy) is 1. The van der Waals surface area contributed by atoms with Crippen molar-refractivity contribution in [3.63, 3.8) is 0 Å². The molecule has 158 valence electrons. The normalized spacial score (nSPS) is 22.9. The summed E-state index contributed by atoms with van der Waals surface area (Å²) >= 11 is 0. The largest absolute Gasteiger partial charge is 0.503 e. The first-order valence-corrected chi connectivity index (χ1v) is 9.57. The number of hydrogen-bond acceptors (Lipinski definition) is 5. The monoisotopic (exact) mass is 418 g/mol. The van der Waals surface area contributed by atoms with Crippen LogP contribution in [0.2, 0.25) is 0 Å². The van der Waals surface area contributed by atoms with E-state index in [4.69, 9.17) is 4.74 Å². The Balaban J connectivity index is 1.64. The highest BCUT2D eigenvalue weighted by atomic mass is 19.1. The highest BCUT2D eigenvalue weighted by Crippen LogP contribution is 2.42. The number of carbonyl (C=O) groups excluding carboxylic acids is 2. The number of rotatable bonds is 3.